The van der Waals surface area contributed by atoms with Crippen LogP contribution in [0.4, 0.5) is 5.82 Å². The Hall–Kier alpha value is -1.85. The second kappa shape index (κ2) is 6.10. The van der Waals surface area contributed by atoms with E-state index >= 15 is 0 Å². The van der Waals surface area contributed by atoms with Gasteiger partial charge in [-0.15, -0.1) is 0 Å². The summed E-state index contributed by atoms with van der Waals surface area (Å²) in [6.07, 6.45) is -1.44. The fourth-order valence-electron chi connectivity index (χ4n) is 2.45. The predicted octanol–water partition coefficient (Wildman–Crippen LogP) is -2.16. The summed E-state index contributed by atoms with van der Waals surface area (Å²) in [4.78, 5) is 12.3. The summed E-state index contributed by atoms with van der Waals surface area (Å²) < 4.78 is 6.94. The van der Waals surface area contributed by atoms with Crippen LogP contribution in [0.3, 0.4) is 0 Å². The number of aromatic nitrogens is 4. The van der Waals surface area contributed by atoms with Gasteiger partial charge in [0.2, 0.25) is 0 Å². The molecule has 0 aromatic carbocycles. The van der Waals surface area contributed by atoms with Gasteiger partial charge < -0.3 is 30.5 Å². The Morgan fingerprint density at radius 2 is 2.00 bits per heavy atom. The third-order valence-electron chi connectivity index (χ3n) is 3.55. The third kappa shape index (κ3) is 2.40. The summed E-state index contributed by atoms with van der Waals surface area (Å²) in [5, 5.41) is 40.8. The molecule has 3 rings (SSSR count). The van der Waals surface area contributed by atoms with Gasteiger partial charge in [0.05, 0.1) is 19.5 Å². The molecule has 1 aliphatic heterocycles. The van der Waals surface area contributed by atoms with Crippen LogP contribution in [-0.4, -0.2) is 78.0 Å². The largest absolute Gasteiger partial charge is 0.395 e. The molecule has 4 atom stereocenters. The molecule has 0 unspecified atom stereocenters. The Labute approximate surface area is 125 Å². The van der Waals surface area contributed by atoms with Gasteiger partial charge in [-0.3, -0.25) is 4.57 Å². The van der Waals surface area contributed by atoms with E-state index in [1.54, 1.807) is 0 Å². The highest BCUT2D eigenvalue weighted by Gasteiger charge is 2.43. The monoisotopic (exact) mass is 311 g/mol. The molecule has 0 saturated carbocycles. The zero-order valence-corrected chi connectivity index (χ0v) is 11.6. The van der Waals surface area contributed by atoms with Gasteiger partial charge in [0, 0.05) is 6.54 Å². The van der Waals surface area contributed by atoms with Crippen molar-refractivity contribution in [2.24, 2.45) is 0 Å². The number of aliphatic hydroxyl groups excluding tert-OH is 4. The molecule has 5 N–H and O–H groups in total. The molecule has 0 amide bonds. The molecular weight excluding hydrogens is 294 g/mol. The number of ether oxygens (including phenoxy) is 1. The van der Waals surface area contributed by atoms with E-state index < -0.39 is 31.1 Å². The average molecular weight is 311 g/mol. The van der Waals surface area contributed by atoms with Crippen molar-refractivity contribution in [3.63, 3.8) is 0 Å². The SMILES string of the molecule is OCCNc1ncnc2c1ncn2[C@H]1O[C@@H](CO)[C@H](O)[C@@H]1O. The van der Waals surface area contributed by atoms with Gasteiger partial charge in [-0.25, -0.2) is 15.0 Å². The molecule has 1 saturated heterocycles. The third-order valence-corrected chi connectivity index (χ3v) is 3.55. The second-order valence-corrected chi connectivity index (χ2v) is 4.93. The van der Waals surface area contributed by atoms with Crippen molar-refractivity contribution in [3.8, 4) is 0 Å². The number of hydrogen-bond donors (Lipinski definition) is 5. The van der Waals surface area contributed by atoms with Crippen LogP contribution in [0.1, 0.15) is 6.23 Å². The smallest absolute Gasteiger partial charge is 0.167 e. The number of imidazole rings is 1. The van der Waals surface area contributed by atoms with Gasteiger partial charge in [0.25, 0.3) is 0 Å². The first kappa shape index (κ1) is 15.1. The van der Waals surface area contributed by atoms with Crippen molar-refractivity contribution in [2.75, 3.05) is 25.1 Å². The Morgan fingerprint density at radius 3 is 2.68 bits per heavy atom. The van der Waals surface area contributed by atoms with E-state index in [0.717, 1.165) is 0 Å². The lowest BCUT2D eigenvalue weighted by Crippen LogP contribution is -2.33. The highest BCUT2D eigenvalue weighted by molar-refractivity contribution is 5.82. The number of aliphatic hydroxyl groups is 4. The van der Waals surface area contributed by atoms with Crippen molar-refractivity contribution < 1.29 is 25.2 Å². The number of anilines is 1. The first-order chi connectivity index (χ1) is 10.7. The van der Waals surface area contributed by atoms with Crippen LogP contribution in [0.5, 0.6) is 0 Å². The quantitative estimate of drug-likeness (QED) is 0.417. The minimum atomic E-state index is -1.21. The van der Waals surface area contributed by atoms with Gasteiger partial charge in [-0.1, -0.05) is 0 Å². The first-order valence-electron chi connectivity index (χ1n) is 6.82. The number of rotatable bonds is 5. The molecule has 2 aromatic rings. The Bertz CT molecular complexity index is 650. The van der Waals surface area contributed by atoms with E-state index in [0.29, 0.717) is 23.5 Å². The van der Waals surface area contributed by atoms with Crippen LogP contribution >= 0.6 is 0 Å². The molecule has 1 fully saturated rings. The Balaban J connectivity index is 1.95. The average Bonchev–Trinajstić information content (AvgIpc) is 3.08. The fraction of sp³-hybridized carbons (Fsp3) is 0.583. The predicted molar refractivity (Wildman–Crippen MR) is 73.9 cm³/mol. The molecule has 10 nitrogen and oxygen atoms in total. The van der Waals surface area contributed by atoms with Gasteiger partial charge in [0.1, 0.15) is 24.6 Å². The summed E-state index contributed by atoms with van der Waals surface area (Å²) in [6, 6.07) is 0. The molecule has 0 aliphatic carbocycles. The van der Waals surface area contributed by atoms with Crippen LogP contribution in [0.15, 0.2) is 12.7 Å². The minimum Gasteiger partial charge on any atom is -0.395 e. The molecule has 0 spiro atoms. The normalized spacial score (nSPS) is 28.4. The number of nitrogens with zero attached hydrogens (tertiary/aromatic N) is 4. The van der Waals surface area contributed by atoms with Crippen molar-refractivity contribution in [3.05, 3.63) is 12.7 Å². The topological polar surface area (TPSA) is 146 Å². The van der Waals surface area contributed by atoms with E-state index in [4.69, 9.17) is 14.9 Å². The molecule has 0 radical (unpaired) electrons. The lowest BCUT2D eigenvalue weighted by atomic mass is 10.1. The maximum atomic E-state index is 10.1. The summed E-state index contributed by atoms with van der Waals surface area (Å²) in [6.45, 7) is -0.145. The van der Waals surface area contributed by atoms with Crippen LogP contribution in [-0.2, 0) is 4.74 Å². The maximum absolute atomic E-state index is 10.1. The van der Waals surface area contributed by atoms with Gasteiger partial charge in [-0.05, 0) is 0 Å². The van der Waals surface area contributed by atoms with Crippen molar-refractivity contribution in [2.45, 2.75) is 24.5 Å². The molecular formula is C12H17N5O5. The number of nitrogens with one attached hydrogen (secondary N) is 1. The molecule has 0 bridgehead atoms. The van der Waals surface area contributed by atoms with E-state index in [-0.39, 0.29) is 6.61 Å². The minimum absolute atomic E-state index is 0.0545. The second-order valence-electron chi connectivity index (χ2n) is 4.93. The highest BCUT2D eigenvalue weighted by Crippen LogP contribution is 2.31. The zero-order chi connectivity index (χ0) is 15.7. The summed E-state index contributed by atoms with van der Waals surface area (Å²) in [5.74, 6) is 0.449. The van der Waals surface area contributed by atoms with Crippen molar-refractivity contribution in [1.29, 1.82) is 0 Å². The lowest BCUT2D eigenvalue weighted by molar-refractivity contribution is -0.0511. The fourth-order valence-corrected chi connectivity index (χ4v) is 2.45. The lowest BCUT2D eigenvalue weighted by Gasteiger charge is -2.16. The molecule has 10 heteroatoms. The summed E-state index contributed by atoms with van der Waals surface area (Å²) in [7, 11) is 0. The summed E-state index contributed by atoms with van der Waals surface area (Å²) in [5.41, 5.74) is 0.860. The standard InChI is InChI=1S/C12H17N5O5/c18-2-1-13-10-7-11(15-4-14-10)17(5-16-7)12-9(21)8(20)6(3-19)22-12/h4-6,8-9,12,18-21H,1-3H2,(H,13,14,15)/t6-,8-,9-,12-/m0/s1. The molecule has 1 aliphatic rings. The van der Waals surface area contributed by atoms with E-state index in [1.807, 2.05) is 0 Å². The first-order valence-corrected chi connectivity index (χ1v) is 6.82. The van der Waals surface area contributed by atoms with Gasteiger partial charge >= 0.3 is 0 Å². The highest BCUT2D eigenvalue weighted by atomic mass is 16.6. The van der Waals surface area contributed by atoms with Crippen LogP contribution in [0, 0.1) is 0 Å². The Morgan fingerprint density at radius 1 is 1.18 bits per heavy atom. The number of hydrogen-bond acceptors (Lipinski definition) is 9. The zero-order valence-electron chi connectivity index (χ0n) is 11.6. The Kier molecular flexibility index (Phi) is 4.18. The van der Waals surface area contributed by atoms with Crippen LogP contribution in [0.25, 0.3) is 11.2 Å². The van der Waals surface area contributed by atoms with Crippen LogP contribution in [0.2, 0.25) is 0 Å². The van der Waals surface area contributed by atoms with Crippen LogP contribution < -0.4 is 5.32 Å². The molecule has 2 aromatic heterocycles. The molecule has 22 heavy (non-hydrogen) atoms. The van der Waals surface area contributed by atoms with E-state index in [2.05, 4.69) is 20.3 Å². The van der Waals surface area contributed by atoms with E-state index in [1.165, 1.54) is 17.2 Å². The van der Waals surface area contributed by atoms with Gasteiger partial charge in [-0.2, -0.15) is 0 Å². The van der Waals surface area contributed by atoms with Crippen molar-refractivity contribution >= 4 is 17.0 Å². The molecule has 120 valence electrons. The van der Waals surface area contributed by atoms with Gasteiger partial charge in [0.15, 0.2) is 23.2 Å². The maximum Gasteiger partial charge on any atom is 0.167 e. The van der Waals surface area contributed by atoms with Crippen molar-refractivity contribution in [1.82, 2.24) is 19.5 Å². The molecule has 3 heterocycles. The summed E-state index contributed by atoms with van der Waals surface area (Å²) >= 11 is 0. The number of fused-ring (bicyclic) bond motifs is 1. The van der Waals surface area contributed by atoms with E-state index in [9.17, 15) is 10.2 Å².